The zero-order valence-corrected chi connectivity index (χ0v) is 16.9. The van der Waals surface area contributed by atoms with Crippen molar-refractivity contribution >= 4 is 12.0 Å². The summed E-state index contributed by atoms with van der Waals surface area (Å²) in [6, 6.07) is 13.5. The summed E-state index contributed by atoms with van der Waals surface area (Å²) in [7, 11) is 0. The fraction of sp³-hybridized carbons (Fsp3) is 0.348. The van der Waals surface area contributed by atoms with Gasteiger partial charge in [0.05, 0.1) is 19.8 Å². The number of carbonyl (C=O) groups is 1. The van der Waals surface area contributed by atoms with Crippen LogP contribution in [0, 0.1) is 0 Å². The van der Waals surface area contributed by atoms with E-state index in [9.17, 15) is 4.79 Å². The average Bonchev–Trinajstić information content (AvgIpc) is 2.70. The summed E-state index contributed by atoms with van der Waals surface area (Å²) in [4.78, 5) is 12.0. The maximum atomic E-state index is 12.0. The van der Waals surface area contributed by atoms with Crippen molar-refractivity contribution in [3.05, 3.63) is 59.7 Å². The van der Waals surface area contributed by atoms with Gasteiger partial charge in [-0.15, -0.1) is 0 Å². The molecule has 0 aliphatic carbocycles. The highest BCUT2D eigenvalue weighted by Gasteiger charge is 2.06. The molecule has 0 aliphatic heterocycles. The lowest BCUT2D eigenvalue weighted by Gasteiger charge is -2.12. The van der Waals surface area contributed by atoms with Crippen LogP contribution in [-0.2, 0) is 11.2 Å². The SMILES string of the molecule is CCOc1ccc(/C=C/C(=O)NCCc2ccc(OCC)c(OCC)c2)cc1. The number of carbonyl (C=O) groups excluding carboxylic acids is 1. The van der Waals surface area contributed by atoms with Gasteiger partial charge >= 0.3 is 0 Å². The van der Waals surface area contributed by atoms with Gasteiger partial charge in [0.25, 0.3) is 0 Å². The molecule has 0 aromatic heterocycles. The molecule has 5 nitrogen and oxygen atoms in total. The van der Waals surface area contributed by atoms with Gasteiger partial charge in [-0.3, -0.25) is 4.79 Å². The number of benzene rings is 2. The highest BCUT2D eigenvalue weighted by atomic mass is 16.5. The quantitative estimate of drug-likeness (QED) is 0.589. The Hall–Kier alpha value is -2.95. The predicted molar refractivity (Wildman–Crippen MR) is 112 cm³/mol. The van der Waals surface area contributed by atoms with Crippen molar-refractivity contribution in [2.24, 2.45) is 0 Å². The molecule has 0 saturated carbocycles. The topological polar surface area (TPSA) is 56.8 Å². The number of ether oxygens (including phenoxy) is 3. The Morgan fingerprint density at radius 3 is 2.25 bits per heavy atom. The number of hydrogen-bond donors (Lipinski definition) is 1. The molecule has 0 spiro atoms. The fourth-order valence-corrected chi connectivity index (χ4v) is 2.65. The first kappa shape index (κ1) is 21.4. The smallest absolute Gasteiger partial charge is 0.244 e. The van der Waals surface area contributed by atoms with Crippen LogP contribution >= 0.6 is 0 Å². The molecule has 0 heterocycles. The van der Waals surface area contributed by atoms with Crippen molar-refractivity contribution in [3.63, 3.8) is 0 Å². The Kier molecular flexibility index (Phi) is 8.92. The maximum Gasteiger partial charge on any atom is 0.244 e. The van der Waals surface area contributed by atoms with E-state index in [4.69, 9.17) is 14.2 Å². The van der Waals surface area contributed by atoms with Gasteiger partial charge < -0.3 is 19.5 Å². The lowest BCUT2D eigenvalue weighted by Crippen LogP contribution is -2.23. The minimum atomic E-state index is -0.121. The van der Waals surface area contributed by atoms with Crippen LogP contribution in [0.5, 0.6) is 17.2 Å². The Bertz CT molecular complexity index is 769. The highest BCUT2D eigenvalue weighted by molar-refractivity contribution is 5.91. The van der Waals surface area contributed by atoms with Crippen LogP contribution in [0.3, 0.4) is 0 Å². The van der Waals surface area contributed by atoms with E-state index < -0.39 is 0 Å². The summed E-state index contributed by atoms with van der Waals surface area (Å²) in [6.45, 7) is 8.19. The largest absolute Gasteiger partial charge is 0.494 e. The zero-order chi connectivity index (χ0) is 20.2. The second kappa shape index (κ2) is 11.7. The third kappa shape index (κ3) is 6.99. The van der Waals surface area contributed by atoms with Gasteiger partial charge in [-0.25, -0.2) is 0 Å². The fourth-order valence-electron chi connectivity index (χ4n) is 2.65. The van der Waals surface area contributed by atoms with Gasteiger partial charge in [0.2, 0.25) is 5.91 Å². The van der Waals surface area contributed by atoms with Crippen molar-refractivity contribution in [1.82, 2.24) is 5.32 Å². The average molecular weight is 383 g/mol. The van der Waals surface area contributed by atoms with Crippen molar-refractivity contribution in [2.75, 3.05) is 26.4 Å². The first-order chi connectivity index (χ1) is 13.7. The number of amides is 1. The third-order valence-corrected chi connectivity index (χ3v) is 3.94. The van der Waals surface area contributed by atoms with E-state index in [1.807, 2.05) is 63.2 Å². The first-order valence-electron chi connectivity index (χ1n) is 9.73. The third-order valence-electron chi connectivity index (χ3n) is 3.94. The molecule has 0 saturated heterocycles. The lowest BCUT2D eigenvalue weighted by atomic mass is 10.1. The van der Waals surface area contributed by atoms with Gasteiger partial charge in [-0.1, -0.05) is 18.2 Å². The molecule has 0 unspecified atom stereocenters. The zero-order valence-electron chi connectivity index (χ0n) is 16.9. The van der Waals surface area contributed by atoms with E-state index >= 15 is 0 Å². The van der Waals surface area contributed by atoms with E-state index in [1.54, 1.807) is 12.2 Å². The Balaban J connectivity index is 1.83. The van der Waals surface area contributed by atoms with Gasteiger partial charge in [0.1, 0.15) is 5.75 Å². The molecular weight excluding hydrogens is 354 g/mol. The van der Waals surface area contributed by atoms with Crippen LogP contribution in [0.1, 0.15) is 31.9 Å². The van der Waals surface area contributed by atoms with Crippen molar-refractivity contribution < 1.29 is 19.0 Å². The van der Waals surface area contributed by atoms with Gasteiger partial charge in [0, 0.05) is 12.6 Å². The molecular formula is C23H29NO4. The monoisotopic (exact) mass is 383 g/mol. The van der Waals surface area contributed by atoms with Crippen LogP contribution in [0.2, 0.25) is 0 Å². The minimum Gasteiger partial charge on any atom is -0.494 e. The number of hydrogen-bond acceptors (Lipinski definition) is 4. The van der Waals surface area contributed by atoms with E-state index in [-0.39, 0.29) is 5.91 Å². The molecule has 28 heavy (non-hydrogen) atoms. The van der Waals surface area contributed by atoms with Crippen LogP contribution in [-0.4, -0.2) is 32.3 Å². The summed E-state index contributed by atoms with van der Waals surface area (Å²) < 4.78 is 16.6. The second-order valence-corrected chi connectivity index (χ2v) is 6.02. The summed E-state index contributed by atoms with van der Waals surface area (Å²) in [5.41, 5.74) is 2.04. The van der Waals surface area contributed by atoms with Crippen LogP contribution < -0.4 is 19.5 Å². The minimum absolute atomic E-state index is 0.121. The molecule has 2 aromatic rings. The Labute approximate surface area is 167 Å². The summed E-state index contributed by atoms with van der Waals surface area (Å²) in [5.74, 6) is 2.19. The van der Waals surface area contributed by atoms with E-state index in [2.05, 4.69) is 5.32 Å². The van der Waals surface area contributed by atoms with Crippen LogP contribution in [0.4, 0.5) is 0 Å². The van der Waals surface area contributed by atoms with E-state index in [0.717, 1.165) is 34.8 Å². The van der Waals surface area contributed by atoms with Gasteiger partial charge in [-0.05, 0) is 68.7 Å². The normalized spacial score (nSPS) is 10.7. The standard InChI is InChI=1S/C23H29NO4/c1-4-26-20-11-7-18(8-12-20)10-14-23(25)24-16-15-19-9-13-21(27-5-2)22(17-19)28-6-3/h7-14,17H,4-6,15-16H2,1-3H3,(H,24,25)/b14-10+. The molecule has 0 radical (unpaired) electrons. The Morgan fingerprint density at radius 1 is 0.893 bits per heavy atom. The van der Waals surface area contributed by atoms with Crippen LogP contribution in [0.25, 0.3) is 6.08 Å². The predicted octanol–water partition coefficient (Wildman–Crippen LogP) is 4.25. The molecule has 0 aliphatic rings. The molecule has 1 amide bonds. The summed E-state index contributed by atoms with van der Waals surface area (Å²) >= 11 is 0. The molecule has 0 fully saturated rings. The van der Waals surface area contributed by atoms with Crippen LogP contribution in [0.15, 0.2) is 48.5 Å². The molecule has 5 heteroatoms. The summed E-state index contributed by atoms with van der Waals surface area (Å²) in [5, 5.41) is 2.90. The molecule has 2 rings (SSSR count). The second-order valence-electron chi connectivity index (χ2n) is 6.02. The number of nitrogens with one attached hydrogen (secondary N) is 1. The first-order valence-corrected chi connectivity index (χ1v) is 9.73. The van der Waals surface area contributed by atoms with Crippen molar-refractivity contribution in [1.29, 1.82) is 0 Å². The molecule has 2 aromatic carbocycles. The van der Waals surface area contributed by atoms with Gasteiger partial charge in [-0.2, -0.15) is 0 Å². The lowest BCUT2D eigenvalue weighted by molar-refractivity contribution is -0.116. The van der Waals surface area contributed by atoms with Gasteiger partial charge in [0.15, 0.2) is 11.5 Å². The maximum absolute atomic E-state index is 12.0. The highest BCUT2D eigenvalue weighted by Crippen LogP contribution is 2.28. The number of rotatable bonds is 11. The molecule has 0 bridgehead atoms. The van der Waals surface area contributed by atoms with Crippen molar-refractivity contribution in [3.8, 4) is 17.2 Å². The van der Waals surface area contributed by atoms with E-state index in [0.29, 0.717) is 26.4 Å². The summed E-state index contributed by atoms with van der Waals surface area (Å²) in [6.07, 6.45) is 4.05. The molecule has 1 N–H and O–H groups in total. The van der Waals surface area contributed by atoms with E-state index in [1.165, 1.54) is 0 Å². The molecule has 0 atom stereocenters. The molecule has 150 valence electrons. The van der Waals surface area contributed by atoms with Crippen molar-refractivity contribution in [2.45, 2.75) is 27.2 Å². The Morgan fingerprint density at radius 2 is 1.57 bits per heavy atom.